The number of nitrogens with zero attached hydrogens (tertiary/aromatic N) is 1. The molecule has 0 radical (unpaired) electrons. The van der Waals surface area contributed by atoms with Gasteiger partial charge >= 0.3 is 0 Å². The molecule has 142 valence electrons. The minimum atomic E-state index is -0.472. The highest BCUT2D eigenvalue weighted by molar-refractivity contribution is 7.98. The lowest BCUT2D eigenvalue weighted by molar-refractivity contribution is 0.0747. The van der Waals surface area contributed by atoms with Gasteiger partial charge in [-0.1, -0.05) is 6.07 Å². The molecular formula is C19H32N2O3S. The van der Waals surface area contributed by atoms with Crippen molar-refractivity contribution in [2.75, 3.05) is 51.9 Å². The van der Waals surface area contributed by atoms with Crippen molar-refractivity contribution in [3.63, 3.8) is 0 Å². The smallest absolute Gasteiger partial charge is 0.161 e. The van der Waals surface area contributed by atoms with Crippen molar-refractivity contribution in [2.24, 2.45) is 0 Å². The van der Waals surface area contributed by atoms with Crippen LogP contribution >= 0.6 is 11.8 Å². The Morgan fingerprint density at radius 3 is 2.80 bits per heavy atom. The van der Waals surface area contributed by atoms with E-state index < -0.39 is 6.10 Å². The summed E-state index contributed by atoms with van der Waals surface area (Å²) in [5.41, 5.74) is 1.17. The van der Waals surface area contributed by atoms with E-state index in [1.54, 1.807) is 7.11 Å². The molecule has 0 spiro atoms. The number of rotatable bonds is 12. The molecule has 1 aromatic carbocycles. The molecule has 1 fully saturated rings. The second-order valence-corrected chi connectivity index (χ2v) is 7.47. The fraction of sp³-hybridized carbons (Fsp3) is 0.684. The molecule has 2 N–H and O–H groups in total. The summed E-state index contributed by atoms with van der Waals surface area (Å²) in [4.78, 5) is 2.29. The van der Waals surface area contributed by atoms with Gasteiger partial charge in [0.1, 0.15) is 12.7 Å². The number of nitrogens with one attached hydrogen (secondary N) is 1. The number of β-amino-alcohol motifs (C(OH)–C–C–N with tert-alkyl or cyclic N) is 1. The third-order valence-corrected chi connectivity index (χ3v) is 5.05. The monoisotopic (exact) mass is 368 g/mol. The summed E-state index contributed by atoms with van der Waals surface area (Å²) < 4.78 is 11.2. The summed E-state index contributed by atoms with van der Waals surface area (Å²) in [6.45, 7) is 4.98. The number of aliphatic hydroxyl groups is 1. The number of thioether (sulfide) groups is 1. The second-order valence-electron chi connectivity index (χ2n) is 6.48. The molecule has 1 aliphatic rings. The molecule has 0 saturated carbocycles. The average molecular weight is 369 g/mol. The predicted molar refractivity (Wildman–Crippen MR) is 105 cm³/mol. The van der Waals surface area contributed by atoms with Gasteiger partial charge in [0.2, 0.25) is 0 Å². The summed E-state index contributed by atoms with van der Waals surface area (Å²) in [5.74, 6) is 2.59. The summed E-state index contributed by atoms with van der Waals surface area (Å²) in [5, 5.41) is 13.6. The van der Waals surface area contributed by atoms with Gasteiger partial charge in [-0.25, -0.2) is 0 Å². The molecule has 1 heterocycles. The molecule has 0 aromatic heterocycles. The third-order valence-electron chi connectivity index (χ3n) is 4.36. The first-order valence-corrected chi connectivity index (χ1v) is 10.5. The standard InChI is InChI=1S/C19H32N2O3S/c1-23-19-12-16(13-20-8-5-11-25-2)6-7-18(19)24-15-17(22)14-21-9-3-4-10-21/h6-7,12,17,20,22H,3-5,8-11,13-15H2,1-2H3. The first kappa shape index (κ1) is 20.4. The maximum atomic E-state index is 10.2. The van der Waals surface area contributed by atoms with E-state index >= 15 is 0 Å². The highest BCUT2D eigenvalue weighted by atomic mass is 32.2. The molecule has 6 heteroatoms. The summed E-state index contributed by atoms with van der Waals surface area (Å²) in [7, 11) is 1.65. The second kappa shape index (κ2) is 11.6. The normalized spacial score (nSPS) is 16.1. The van der Waals surface area contributed by atoms with Crippen molar-refractivity contribution in [1.29, 1.82) is 0 Å². The number of benzene rings is 1. The Balaban J connectivity index is 1.77. The van der Waals surface area contributed by atoms with Gasteiger partial charge in [-0.15, -0.1) is 0 Å². The SMILES string of the molecule is COc1cc(CNCCCSC)ccc1OCC(O)CN1CCCC1. The summed E-state index contributed by atoms with van der Waals surface area (Å²) in [6.07, 6.45) is 5.29. The molecule has 1 aliphatic heterocycles. The number of aliphatic hydroxyl groups excluding tert-OH is 1. The Morgan fingerprint density at radius 1 is 1.28 bits per heavy atom. The van der Waals surface area contributed by atoms with Crippen LogP contribution in [0.5, 0.6) is 11.5 Å². The van der Waals surface area contributed by atoms with Crippen LogP contribution in [-0.2, 0) is 6.54 Å². The van der Waals surface area contributed by atoms with Gasteiger partial charge < -0.3 is 24.8 Å². The van der Waals surface area contributed by atoms with Crippen molar-refractivity contribution >= 4 is 11.8 Å². The fourth-order valence-corrected chi connectivity index (χ4v) is 3.45. The maximum absolute atomic E-state index is 10.2. The van der Waals surface area contributed by atoms with E-state index in [1.807, 2.05) is 30.0 Å². The van der Waals surface area contributed by atoms with Gasteiger partial charge in [0.05, 0.1) is 7.11 Å². The quantitative estimate of drug-likeness (QED) is 0.553. The van der Waals surface area contributed by atoms with Crippen LogP contribution in [0.4, 0.5) is 0 Å². The van der Waals surface area contributed by atoms with Gasteiger partial charge in [-0.05, 0) is 68.6 Å². The fourth-order valence-electron chi connectivity index (χ4n) is 3.02. The molecule has 1 atom stereocenters. The van der Waals surface area contributed by atoms with Crippen molar-refractivity contribution in [1.82, 2.24) is 10.2 Å². The number of likely N-dealkylation sites (tertiary alicyclic amines) is 1. The zero-order valence-corrected chi connectivity index (χ0v) is 16.3. The Bertz CT molecular complexity index is 496. The van der Waals surface area contributed by atoms with Gasteiger partial charge in [-0.3, -0.25) is 0 Å². The van der Waals surface area contributed by atoms with Crippen LogP contribution in [-0.4, -0.2) is 68.0 Å². The number of hydrogen-bond acceptors (Lipinski definition) is 6. The topological polar surface area (TPSA) is 54.0 Å². The lowest BCUT2D eigenvalue weighted by atomic mass is 10.2. The van der Waals surface area contributed by atoms with E-state index in [1.165, 1.54) is 30.6 Å². The maximum Gasteiger partial charge on any atom is 0.161 e. The Hall–Kier alpha value is -0.950. The summed E-state index contributed by atoms with van der Waals surface area (Å²) >= 11 is 1.87. The molecule has 1 unspecified atom stereocenters. The lowest BCUT2D eigenvalue weighted by Crippen LogP contribution is -2.33. The van der Waals surface area contributed by atoms with Crippen LogP contribution in [0.2, 0.25) is 0 Å². The Labute approximate surface area is 156 Å². The molecule has 0 bridgehead atoms. The Kier molecular flexibility index (Phi) is 9.47. The average Bonchev–Trinajstić information content (AvgIpc) is 3.13. The predicted octanol–water partition coefficient (Wildman–Crippen LogP) is 2.37. The minimum absolute atomic E-state index is 0.291. The highest BCUT2D eigenvalue weighted by Crippen LogP contribution is 2.28. The lowest BCUT2D eigenvalue weighted by Gasteiger charge is -2.20. The van der Waals surface area contributed by atoms with Crippen molar-refractivity contribution in [3.8, 4) is 11.5 Å². The molecule has 2 rings (SSSR count). The number of ether oxygens (including phenoxy) is 2. The Morgan fingerprint density at radius 2 is 2.08 bits per heavy atom. The number of methoxy groups -OCH3 is 1. The van der Waals surface area contributed by atoms with Gasteiger partial charge in [0, 0.05) is 13.1 Å². The van der Waals surface area contributed by atoms with E-state index in [0.29, 0.717) is 18.9 Å². The zero-order chi connectivity index (χ0) is 17.9. The highest BCUT2D eigenvalue weighted by Gasteiger charge is 2.16. The molecule has 1 saturated heterocycles. The molecule has 1 aromatic rings. The van der Waals surface area contributed by atoms with Crippen molar-refractivity contribution in [2.45, 2.75) is 31.9 Å². The molecule has 0 amide bonds. The van der Waals surface area contributed by atoms with Gasteiger partial charge in [-0.2, -0.15) is 11.8 Å². The van der Waals surface area contributed by atoms with E-state index in [0.717, 1.165) is 31.9 Å². The van der Waals surface area contributed by atoms with Gasteiger partial charge in [0.25, 0.3) is 0 Å². The van der Waals surface area contributed by atoms with Crippen LogP contribution in [0.1, 0.15) is 24.8 Å². The largest absolute Gasteiger partial charge is 0.493 e. The molecule has 5 nitrogen and oxygen atoms in total. The van der Waals surface area contributed by atoms with Crippen LogP contribution < -0.4 is 14.8 Å². The van der Waals surface area contributed by atoms with Crippen LogP contribution in [0.15, 0.2) is 18.2 Å². The van der Waals surface area contributed by atoms with Crippen LogP contribution in [0.25, 0.3) is 0 Å². The first-order valence-electron chi connectivity index (χ1n) is 9.12. The molecular weight excluding hydrogens is 336 g/mol. The third kappa shape index (κ3) is 7.44. The minimum Gasteiger partial charge on any atom is -0.493 e. The van der Waals surface area contributed by atoms with E-state index in [9.17, 15) is 5.11 Å². The number of hydrogen-bond donors (Lipinski definition) is 2. The molecule has 0 aliphatic carbocycles. The molecule has 25 heavy (non-hydrogen) atoms. The zero-order valence-electron chi connectivity index (χ0n) is 15.5. The van der Waals surface area contributed by atoms with Crippen LogP contribution in [0, 0.1) is 0 Å². The van der Waals surface area contributed by atoms with Crippen molar-refractivity contribution < 1.29 is 14.6 Å². The first-order chi connectivity index (χ1) is 12.2. The van der Waals surface area contributed by atoms with Crippen LogP contribution in [0.3, 0.4) is 0 Å². The van der Waals surface area contributed by atoms with E-state index in [4.69, 9.17) is 9.47 Å². The van der Waals surface area contributed by atoms with Gasteiger partial charge in [0.15, 0.2) is 11.5 Å². The summed E-state index contributed by atoms with van der Waals surface area (Å²) in [6, 6.07) is 5.98. The van der Waals surface area contributed by atoms with Crippen molar-refractivity contribution in [3.05, 3.63) is 23.8 Å². The van der Waals surface area contributed by atoms with E-state index in [-0.39, 0.29) is 0 Å². The van der Waals surface area contributed by atoms with E-state index in [2.05, 4.69) is 16.5 Å².